The quantitative estimate of drug-likeness (QED) is 0.301. The van der Waals surface area contributed by atoms with E-state index < -0.39 is 5.72 Å². The predicted octanol–water partition coefficient (Wildman–Crippen LogP) is 9.58. The molecule has 3 aromatic carbocycles. The Labute approximate surface area is 256 Å². The van der Waals surface area contributed by atoms with Crippen molar-refractivity contribution < 1.29 is 4.74 Å². The number of rotatable bonds is 5. The lowest BCUT2D eigenvalue weighted by atomic mass is 9.77. The monoisotopic (exact) mass is 576 g/mol. The van der Waals surface area contributed by atoms with Crippen LogP contribution in [-0.2, 0) is 10.8 Å². The van der Waals surface area contributed by atoms with E-state index in [-0.39, 0.29) is 10.8 Å². The highest BCUT2D eigenvalue weighted by molar-refractivity contribution is 6.33. The molecule has 0 amide bonds. The zero-order valence-corrected chi connectivity index (χ0v) is 26.6. The van der Waals surface area contributed by atoms with Gasteiger partial charge in [0.1, 0.15) is 5.75 Å². The summed E-state index contributed by atoms with van der Waals surface area (Å²) in [5, 5.41) is 0.848. The summed E-state index contributed by atoms with van der Waals surface area (Å²) in [4.78, 5) is 4.58. The maximum absolute atomic E-state index is 7.09. The van der Waals surface area contributed by atoms with E-state index in [0.717, 1.165) is 29.2 Å². The van der Waals surface area contributed by atoms with Crippen molar-refractivity contribution in [2.75, 3.05) is 23.9 Å². The second kappa shape index (κ2) is 10.2. The largest absolute Gasteiger partial charge is 0.463 e. The summed E-state index contributed by atoms with van der Waals surface area (Å²) in [5.74, 6) is 0.848. The van der Waals surface area contributed by atoms with Gasteiger partial charge < -0.3 is 14.5 Å². The van der Waals surface area contributed by atoms with E-state index in [1.165, 1.54) is 39.3 Å². The number of para-hydroxylation sites is 2. The van der Waals surface area contributed by atoms with Crippen molar-refractivity contribution in [3.05, 3.63) is 136 Å². The van der Waals surface area contributed by atoms with Crippen LogP contribution in [0.3, 0.4) is 0 Å². The molecule has 1 aliphatic carbocycles. The van der Waals surface area contributed by atoms with E-state index in [0.29, 0.717) is 0 Å². The van der Waals surface area contributed by atoms with E-state index in [4.69, 9.17) is 16.3 Å². The molecule has 1 atom stereocenters. The fraction of sp³-hybridized carbons (Fsp3) is 0.316. The molecule has 3 aliphatic rings. The topological polar surface area (TPSA) is 15.7 Å². The molecule has 0 radical (unpaired) electrons. The predicted molar refractivity (Wildman–Crippen MR) is 178 cm³/mol. The minimum atomic E-state index is -0.729. The lowest BCUT2D eigenvalue weighted by molar-refractivity contribution is 0.0602. The first-order valence-electron chi connectivity index (χ1n) is 14.9. The molecule has 216 valence electrons. The van der Waals surface area contributed by atoms with Crippen LogP contribution in [0.15, 0.2) is 119 Å². The Morgan fingerprint density at radius 3 is 2.10 bits per heavy atom. The molecule has 0 N–H and O–H groups in total. The van der Waals surface area contributed by atoms with Crippen molar-refractivity contribution in [2.45, 2.75) is 64.0 Å². The molecule has 3 aromatic rings. The first-order valence-corrected chi connectivity index (χ1v) is 15.3. The average Bonchev–Trinajstić information content (AvgIpc) is 3.48. The number of anilines is 2. The number of likely N-dealkylation sites (N-methyl/N-ethyl adjacent to an activating group) is 2. The number of hydrogen-bond acceptors (Lipinski definition) is 3. The summed E-state index contributed by atoms with van der Waals surface area (Å²) in [5.41, 5.74) is 8.79. The third-order valence-corrected chi connectivity index (χ3v) is 10.2. The van der Waals surface area contributed by atoms with E-state index in [2.05, 4.69) is 156 Å². The van der Waals surface area contributed by atoms with E-state index in [1.807, 2.05) is 0 Å². The summed E-state index contributed by atoms with van der Waals surface area (Å²) in [6, 6.07) is 25.6. The molecular formula is C38H41ClN2O. The fourth-order valence-electron chi connectivity index (χ4n) is 7.12. The molecule has 1 unspecified atom stereocenters. The summed E-state index contributed by atoms with van der Waals surface area (Å²) in [7, 11) is 4.29. The highest BCUT2D eigenvalue weighted by atomic mass is 35.5. The Bertz CT molecular complexity index is 1660. The van der Waals surface area contributed by atoms with Crippen molar-refractivity contribution in [1.82, 2.24) is 0 Å². The van der Waals surface area contributed by atoms with Crippen molar-refractivity contribution in [2.24, 2.45) is 0 Å². The normalized spacial score (nSPS) is 24.3. The number of aryl methyl sites for hydroxylation is 1. The molecule has 2 heterocycles. The van der Waals surface area contributed by atoms with Crippen molar-refractivity contribution in [1.29, 1.82) is 0 Å². The van der Waals surface area contributed by atoms with Crippen LogP contribution in [0.1, 0.15) is 57.2 Å². The average molecular weight is 577 g/mol. The van der Waals surface area contributed by atoms with Crippen LogP contribution in [0.5, 0.6) is 5.75 Å². The van der Waals surface area contributed by atoms with Gasteiger partial charge in [-0.1, -0.05) is 91.7 Å². The van der Waals surface area contributed by atoms with Gasteiger partial charge in [0, 0.05) is 41.6 Å². The molecule has 0 aromatic heterocycles. The second-order valence-corrected chi connectivity index (χ2v) is 13.3. The van der Waals surface area contributed by atoms with Crippen LogP contribution < -0.4 is 14.5 Å². The summed E-state index contributed by atoms with van der Waals surface area (Å²) in [6.45, 7) is 11.2. The summed E-state index contributed by atoms with van der Waals surface area (Å²) < 4.78 is 6.97. The molecule has 0 bridgehead atoms. The number of halogens is 1. The molecule has 6 rings (SSSR count). The minimum absolute atomic E-state index is 0.0622. The van der Waals surface area contributed by atoms with Gasteiger partial charge in [0.15, 0.2) is 0 Å². The van der Waals surface area contributed by atoms with Crippen LogP contribution in [0, 0.1) is 6.92 Å². The van der Waals surface area contributed by atoms with Crippen LogP contribution in [0.4, 0.5) is 11.4 Å². The zero-order valence-electron chi connectivity index (χ0n) is 25.8. The summed E-state index contributed by atoms with van der Waals surface area (Å²) in [6.07, 6.45) is 10.7. The van der Waals surface area contributed by atoms with Crippen LogP contribution in [-0.4, -0.2) is 19.8 Å². The highest BCUT2D eigenvalue weighted by Crippen LogP contribution is 2.53. The number of allylic oxidation sites excluding steroid dienone is 7. The van der Waals surface area contributed by atoms with Gasteiger partial charge in [0.05, 0.1) is 5.41 Å². The molecule has 2 aliphatic heterocycles. The van der Waals surface area contributed by atoms with E-state index >= 15 is 0 Å². The Hall–Kier alpha value is -3.69. The van der Waals surface area contributed by atoms with Crippen molar-refractivity contribution >= 4 is 23.0 Å². The third kappa shape index (κ3) is 4.32. The zero-order chi connectivity index (χ0) is 29.9. The van der Waals surface area contributed by atoms with Gasteiger partial charge >= 0.3 is 0 Å². The molecule has 0 saturated carbocycles. The molecule has 42 heavy (non-hydrogen) atoms. The Balaban J connectivity index is 1.36. The number of nitrogens with zero attached hydrogens (tertiary/aromatic N) is 2. The molecule has 4 heteroatoms. The number of benzene rings is 3. The van der Waals surface area contributed by atoms with Crippen LogP contribution in [0.25, 0.3) is 0 Å². The first-order chi connectivity index (χ1) is 20.0. The second-order valence-electron chi connectivity index (χ2n) is 12.9. The maximum Gasteiger partial charge on any atom is 0.211 e. The van der Waals surface area contributed by atoms with Crippen LogP contribution >= 0.6 is 11.6 Å². The van der Waals surface area contributed by atoms with Gasteiger partial charge in [0.2, 0.25) is 5.72 Å². The van der Waals surface area contributed by atoms with Gasteiger partial charge in [-0.2, -0.15) is 0 Å². The van der Waals surface area contributed by atoms with Crippen LogP contribution in [0.2, 0.25) is 0 Å². The number of hydrogen-bond donors (Lipinski definition) is 0. The smallest absolute Gasteiger partial charge is 0.211 e. The third-order valence-electron chi connectivity index (χ3n) is 9.75. The number of ether oxygens (including phenoxy) is 1. The lowest BCUT2D eigenvalue weighted by Crippen LogP contribution is -2.57. The van der Waals surface area contributed by atoms with E-state index in [9.17, 15) is 0 Å². The lowest BCUT2D eigenvalue weighted by Gasteiger charge is -2.44. The van der Waals surface area contributed by atoms with Gasteiger partial charge in [-0.25, -0.2) is 0 Å². The SMILES string of the molecule is Cc1ccc(OC2(/C=C/C3=C(Cl)C(=C/C=C4\N(C)c5ccccc5C4(C)C)/CC3)N(C)c3ccccc3C2(C)C)cc1. The summed E-state index contributed by atoms with van der Waals surface area (Å²) >= 11 is 7.09. The molecular weight excluding hydrogens is 536 g/mol. The van der Waals surface area contributed by atoms with Crippen molar-refractivity contribution in [3.8, 4) is 5.75 Å². The molecule has 0 saturated heterocycles. The Morgan fingerprint density at radius 2 is 1.43 bits per heavy atom. The Morgan fingerprint density at radius 1 is 0.786 bits per heavy atom. The van der Waals surface area contributed by atoms with Gasteiger partial charge in [-0.05, 0) is 92.3 Å². The van der Waals surface area contributed by atoms with Gasteiger partial charge in [0.25, 0.3) is 0 Å². The Kier molecular flexibility index (Phi) is 6.93. The molecule has 3 nitrogen and oxygen atoms in total. The highest BCUT2D eigenvalue weighted by Gasteiger charge is 2.56. The minimum Gasteiger partial charge on any atom is -0.463 e. The standard InChI is InChI=1S/C38H41ClN2O/c1-26-16-21-29(22-17-26)42-38(37(4,5)31-13-9-11-15-33(31)41(38)7)25-24-28-19-18-27(35(28)39)20-23-34-36(2,3)30-12-8-10-14-32(30)40(34)6/h8-17,20-25H,18-19H2,1-7H3/b25-24+,27-20+,34-23-. The first kappa shape index (κ1) is 28.4. The number of fused-ring (bicyclic) bond motifs is 2. The van der Waals surface area contributed by atoms with Gasteiger partial charge in [-0.15, -0.1) is 0 Å². The molecule has 0 spiro atoms. The van der Waals surface area contributed by atoms with Gasteiger partial charge in [-0.3, -0.25) is 0 Å². The van der Waals surface area contributed by atoms with E-state index in [1.54, 1.807) is 0 Å². The molecule has 0 fully saturated rings. The maximum atomic E-state index is 7.09. The van der Waals surface area contributed by atoms with Crippen molar-refractivity contribution in [3.63, 3.8) is 0 Å². The fourth-order valence-corrected chi connectivity index (χ4v) is 7.44.